The standard InChI is InChI=1S/C22H24N2O5/c1-3-17-22(26)24(16-10-14(2)8-9-18(16)29-17)12-21(25)23-11-15-13-27-19-6-4-5-7-20(19)28-15/h4-10,15,17H,3,11-13H2,1-2H3,(H,23,25)/t15-,17-/m1/s1. The first-order chi connectivity index (χ1) is 14.0. The van der Waals surface area contributed by atoms with Crippen molar-refractivity contribution in [1.82, 2.24) is 5.32 Å². The number of para-hydroxylation sites is 2. The zero-order valence-corrected chi connectivity index (χ0v) is 16.5. The summed E-state index contributed by atoms with van der Waals surface area (Å²) in [4.78, 5) is 26.9. The summed E-state index contributed by atoms with van der Waals surface area (Å²) in [5, 5.41) is 2.85. The molecule has 2 aromatic carbocycles. The van der Waals surface area contributed by atoms with E-state index in [1.165, 1.54) is 4.90 Å². The van der Waals surface area contributed by atoms with Crippen LogP contribution in [0.5, 0.6) is 17.2 Å². The monoisotopic (exact) mass is 396 g/mol. The lowest BCUT2D eigenvalue weighted by atomic mass is 10.1. The molecule has 2 aliphatic rings. The fourth-order valence-electron chi connectivity index (χ4n) is 3.45. The molecular weight excluding hydrogens is 372 g/mol. The van der Waals surface area contributed by atoms with Gasteiger partial charge in [0.05, 0.1) is 12.2 Å². The van der Waals surface area contributed by atoms with Crippen LogP contribution in [0, 0.1) is 6.92 Å². The van der Waals surface area contributed by atoms with Gasteiger partial charge in [0.2, 0.25) is 5.91 Å². The molecule has 0 unspecified atom stereocenters. The molecular formula is C22H24N2O5. The van der Waals surface area contributed by atoms with E-state index in [0.29, 0.717) is 42.5 Å². The van der Waals surface area contributed by atoms with E-state index >= 15 is 0 Å². The number of fused-ring (bicyclic) bond motifs is 2. The first-order valence-corrected chi connectivity index (χ1v) is 9.79. The Morgan fingerprint density at radius 2 is 1.93 bits per heavy atom. The topological polar surface area (TPSA) is 77.1 Å². The Kier molecular flexibility index (Phi) is 5.29. The molecule has 0 bridgehead atoms. The highest BCUT2D eigenvalue weighted by Gasteiger charge is 2.34. The van der Waals surface area contributed by atoms with Gasteiger partial charge in [0.25, 0.3) is 5.91 Å². The second-order valence-electron chi connectivity index (χ2n) is 7.21. The third kappa shape index (κ3) is 3.99. The molecule has 0 radical (unpaired) electrons. The minimum absolute atomic E-state index is 0.0701. The van der Waals surface area contributed by atoms with Gasteiger partial charge in [-0.2, -0.15) is 0 Å². The van der Waals surface area contributed by atoms with E-state index in [1.807, 2.05) is 56.3 Å². The second kappa shape index (κ2) is 8.03. The zero-order chi connectivity index (χ0) is 20.4. The molecule has 0 fully saturated rings. The van der Waals surface area contributed by atoms with Crippen molar-refractivity contribution in [3.63, 3.8) is 0 Å². The number of hydrogen-bond acceptors (Lipinski definition) is 5. The summed E-state index contributed by atoms with van der Waals surface area (Å²) < 4.78 is 17.3. The number of nitrogens with one attached hydrogen (secondary N) is 1. The first kappa shape index (κ1) is 19.1. The van der Waals surface area contributed by atoms with Crippen LogP contribution in [0.25, 0.3) is 0 Å². The van der Waals surface area contributed by atoms with Gasteiger partial charge in [0.1, 0.15) is 25.0 Å². The van der Waals surface area contributed by atoms with Gasteiger partial charge in [0.15, 0.2) is 17.6 Å². The smallest absolute Gasteiger partial charge is 0.268 e. The molecule has 2 atom stereocenters. The molecule has 29 heavy (non-hydrogen) atoms. The van der Waals surface area contributed by atoms with Crippen LogP contribution in [-0.4, -0.2) is 43.7 Å². The third-order valence-corrected chi connectivity index (χ3v) is 4.98. The van der Waals surface area contributed by atoms with Crippen LogP contribution in [-0.2, 0) is 9.59 Å². The highest BCUT2D eigenvalue weighted by Crippen LogP contribution is 2.35. The zero-order valence-electron chi connectivity index (χ0n) is 16.5. The van der Waals surface area contributed by atoms with Gasteiger partial charge < -0.3 is 19.5 Å². The fraction of sp³-hybridized carbons (Fsp3) is 0.364. The lowest BCUT2D eigenvalue weighted by molar-refractivity contribution is -0.129. The second-order valence-corrected chi connectivity index (χ2v) is 7.21. The minimum atomic E-state index is -0.579. The summed E-state index contributed by atoms with van der Waals surface area (Å²) in [7, 11) is 0. The molecule has 0 spiro atoms. The molecule has 7 heteroatoms. The molecule has 4 rings (SSSR count). The van der Waals surface area contributed by atoms with Crippen LogP contribution in [0.15, 0.2) is 42.5 Å². The predicted octanol–water partition coefficient (Wildman–Crippen LogP) is 2.46. The van der Waals surface area contributed by atoms with Crippen molar-refractivity contribution in [2.24, 2.45) is 0 Å². The predicted molar refractivity (Wildman–Crippen MR) is 108 cm³/mol. The average molecular weight is 396 g/mol. The van der Waals surface area contributed by atoms with Gasteiger partial charge in [-0.1, -0.05) is 25.1 Å². The first-order valence-electron chi connectivity index (χ1n) is 9.79. The number of anilines is 1. The number of ether oxygens (including phenoxy) is 3. The van der Waals surface area contributed by atoms with E-state index in [2.05, 4.69) is 5.32 Å². The Labute approximate surface area is 169 Å². The summed E-state index contributed by atoms with van der Waals surface area (Å²) in [6.45, 7) is 4.40. The lowest BCUT2D eigenvalue weighted by Gasteiger charge is -2.34. The molecule has 0 saturated carbocycles. The van der Waals surface area contributed by atoms with Gasteiger partial charge in [-0.25, -0.2) is 0 Å². The van der Waals surface area contributed by atoms with Gasteiger partial charge >= 0.3 is 0 Å². The van der Waals surface area contributed by atoms with E-state index in [4.69, 9.17) is 14.2 Å². The molecule has 2 amide bonds. The van der Waals surface area contributed by atoms with Gasteiger partial charge in [0, 0.05) is 0 Å². The van der Waals surface area contributed by atoms with Crippen molar-refractivity contribution in [2.75, 3.05) is 24.6 Å². The van der Waals surface area contributed by atoms with Gasteiger partial charge in [-0.3, -0.25) is 14.5 Å². The van der Waals surface area contributed by atoms with Crippen molar-refractivity contribution >= 4 is 17.5 Å². The van der Waals surface area contributed by atoms with Crippen LogP contribution < -0.4 is 24.4 Å². The maximum absolute atomic E-state index is 12.8. The van der Waals surface area contributed by atoms with Crippen LogP contribution in [0.3, 0.4) is 0 Å². The average Bonchev–Trinajstić information content (AvgIpc) is 2.74. The molecule has 152 valence electrons. The Morgan fingerprint density at radius 3 is 2.72 bits per heavy atom. The number of rotatable bonds is 5. The largest absolute Gasteiger partial charge is 0.486 e. The van der Waals surface area contributed by atoms with Crippen molar-refractivity contribution in [3.05, 3.63) is 48.0 Å². The Balaban J connectivity index is 1.40. The molecule has 0 aliphatic carbocycles. The van der Waals surface area contributed by atoms with E-state index in [9.17, 15) is 9.59 Å². The van der Waals surface area contributed by atoms with Gasteiger partial charge in [-0.15, -0.1) is 0 Å². The number of aryl methyl sites for hydroxylation is 1. The van der Waals surface area contributed by atoms with Gasteiger partial charge in [-0.05, 0) is 43.2 Å². The molecule has 0 saturated heterocycles. The van der Waals surface area contributed by atoms with Crippen LogP contribution >= 0.6 is 0 Å². The van der Waals surface area contributed by atoms with Crippen molar-refractivity contribution in [2.45, 2.75) is 32.5 Å². The molecule has 0 aromatic heterocycles. The number of carbonyl (C=O) groups is 2. The highest BCUT2D eigenvalue weighted by molar-refractivity contribution is 6.03. The maximum atomic E-state index is 12.8. The third-order valence-electron chi connectivity index (χ3n) is 4.98. The van der Waals surface area contributed by atoms with E-state index in [0.717, 1.165) is 5.56 Å². The summed E-state index contributed by atoms with van der Waals surface area (Å²) in [6, 6.07) is 13.1. The lowest BCUT2D eigenvalue weighted by Crippen LogP contribution is -2.51. The highest BCUT2D eigenvalue weighted by atomic mass is 16.6. The number of benzene rings is 2. The summed E-state index contributed by atoms with van der Waals surface area (Å²) in [5.41, 5.74) is 1.62. The Hall–Kier alpha value is -3.22. The molecule has 2 aromatic rings. The van der Waals surface area contributed by atoms with Crippen LogP contribution in [0.4, 0.5) is 5.69 Å². The summed E-state index contributed by atoms with van der Waals surface area (Å²) in [6.07, 6.45) is -0.326. The fourth-order valence-corrected chi connectivity index (χ4v) is 3.45. The Morgan fingerprint density at radius 1 is 1.14 bits per heavy atom. The summed E-state index contributed by atoms with van der Waals surface area (Å²) in [5.74, 6) is 1.52. The number of amides is 2. The minimum Gasteiger partial charge on any atom is -0.486 e. The van der Waals surface area contributed by atoms with E-state index < -0.39 is 6.10 Å². The molecule has 7 nitrogen and oxygen atoms in total. The van der Waals surface area contributed by atoms with Crippen molar-refractivity contribution in [3.8, 4) is 17.2 Å². The van der Waals surface area contributed by atoms with Crippen LogP contribution in [0.2, 0.25) is 0 Å². The number of nitrogens with zero attached hydrogens (tertiary/aromatic N) is 1. The maximum Gasteiger partial charge on any atom is 0.268 e. The SMILES string of the molecule is CC[C@H]1Oc2ccc(C)cc2N(CC(=O)NC[C@@H]2COc3ccccc3O2)C1=O. The number of hydrogen-bond donors (Lipinski definition) is 1. The number of carbonyl (C=O) groups excluding carboxylic acids is 2. The summed E-state index contributed by atoms with van der Waals surface area (Å²) >= 11 is 0. The molecule has 2 aliphatic heterocycles. The van der Waals surface area contributed by atoms with E-state index in [-0.39, 0.29) is 24.5 Å². The normalized spacial score (nSPS) is 19.9. The van der Waals surface area contributed by atoms with Crippen molar-refractivity contribution < 1.29 is 23.8 Å². The molecule has 2 heterocycles. The van der Waals surface area contributed by atoms with E-state index in [1.54, 1.807) is 0 Å². The molecule has 1 N–H and O–H groups in total. The van der Waals surface area contributed by atoms with Crippen LogP contribution in [0.1, 0.15) is 18.9 Å². The van der Waals surface area contributed by atoms with Crippen molar-refractivity contribution in [1.29, 1.82) is 0 Å². The quantitative estimate of drug-likeness (QED) is 0.840. The Bertz CT molecular complexity index is 929.